The predicted octanol–water partition coefficient (Wildman–Crippen LogP) is 4.09. The number of benzene rings is 3. The Morgan fingerprint density at radius 1 is 0.891 bits per heavy atom. The second-order valence-electron chi connectivity index (χ2n) is 10.7. The van der Waals surface area contributed by atoms with E-state index < -0.39 is 18.1 Å². The van der Waals surface area contributed by atoms with Gasteiger partial charge in [0, 0.05) is 51.4 Å². The van der Waals surface area contributed by atoms with Crippen LogP contribution in [-0.4, -0.2) is 81.3 Å². The maximum Gasteiger partial charge on any atom is 0.407 e. The molecule has 2 heterocycles. The molecule has 5 rings (SSSR count). The molecule has 0 spiro atoms. The first-order valence-electron chi connectivity index (χ1n) is 14.8. The average Bonchev–Trinajstić information content (AvgIpc) is 3.08. The van der Waals surface area contributed by atoms with Gasteiger partial charge in [-0.05, 0) is 41.0 Å². The molecule has 13 nitrogen and oxygen atoms in total. The van der Waals surface area contributed by atoms with Crippen molar-refractivity contribution in [3.63, 3.8) is 0 Å². The highest BCUT2D eigenvalue weighted by Gasteiger charge is 2.23. The fraction of sp³-hybridized carbons (Fsp3) is 0.273. The molecule has 1 aromatic heterocycles. The average molecular weight is 622 g/mol. The fourth-order valence-electron chi connectivity index (χ4n) is 5.03. The van der Waals surface area contributed by atoms with E-state index in [1.807, 2.05) is 54.6 Å². The zero-order valence-corrected chi connectivity index (χ0v) is 25.4. The van der Waals surface area contributed by atoms with E-state index in [1.165, 1.54) is 12.0 Å². The second-order valence-corrected chi connectivity index (χ2v) is 10.7. The quantitative estimate of drug-likeness (QED) is 0.168. The van der Waals surface area contributed by atoms with E-state index in [-0.39, 0.29) is 18.3 Å². The van der Waals surface area contributed by atoms with Crippen molar-refractivity contribution in [2.24, 2.45) is 0 Å². The number of carbonyl (C=O) groups excluding carboxylic acids is 1. The van der Waals surface area contributed by atoms with Crippen LogP contribution in [0.3, 0.4) is 0 Å². The topological polar surface area (TPSA) is 169 Å². The van der Waals surface area contributed by atoms with Crippen molar-refractivity contribution in [1.29, 1.82) is 5.26 Å². The highest BCUT2D eigenvalue weighted by atomic mass is 16.5. The van der Waals surface area contributed by atoms with Crippen molar-refractivity contribution >= 4 is 35.6 Å². The number of nitrogens with one attached hydrogen (secondary N) is 3. The summed E-state index contributed by atoms with van der Waals surface area (Å²) in [6, 6.07) is 26.0. The van der Waals surface area contributed by atoms with Gasteiger partial charge in [-0.15, -0.1) is 0 Å². The fourth-order valence-corrected chi connectivity index (χ4v) is 5.03. The monoisotopic (exact) mass is 621 g/mol. The Labute approximate surface area is 266 Å². The van der Waals surface area contributed by atoms with E-state index in [1.54, 1.807) is 24.3 Å². The SMILES string of the molecule is COC(=O)[C@H](Cc1ccc(C#N)cc1)Nc1nc(NCc2ccccc2)nc(Nc2cccc(CN3CCN(C(=O)O)CC3)c2)n1. The number of piperazine rings is 1. The van der Waals surface area contributed by atoms with Gasteiger partial charge < -0.3 is 30.7 Å². The standard InChI is InChI=1S/C33H35N9O4/c1-46-29(43)28(19-23-10-12-24(20-34)13-11-23)37-32-39-30(35-21-25-6-3-2-4-7-25)38-31(40-32)36-27-9-5-8-26(18-27)22-41-14-16-42(17-15-41)33(44)45/h2-13,18,28H,14-17,19,21-22H2,1H3,(H,44,45)(H3,35,36,37,38,39,40)/t28-/m0/s1. The van der Waals surface area contributed by atoms with Crippen LogP contribution in [0.4, 0.5) is 28.3 Å². The van der Waals surface area contributed by atoms with Crippen LogP contribution in [0.2, 0.25) is 0 Å². The third-order valence-corrected chi connectivity index (χ3v) is 7.47. The van der Waals surface area contributed by atoms with Crippen LogP contribution in [0.1, 0.15) is 22.3 Å². The van der Waals surface area contributed by atoms with Crippen LogP contribution < -0.4 is 16.0 Å². The number of amides is 1. The van der Waals surface area contributed by atoms with E-state index in [0.717, 1.165) is 22.4 Å². The van der Waals surface area contributed by atoms with Gasteiger partial charge in [-0.3, -0.25) is 4.90 Å². The highest BCUT2D eigenvalue weighted by molar-refractivity contribution is 5.79. The molecule has 0 aliphatic carbocycles. The summed E-state index contributed by atoms with van der Waals surface area (Å²) in [4.78, 5) is 41.4. The molecule has 13 heteroatoms. The maximum absolute atomic E-state index is 12.8. The van der Waals surface area contributed by atoms with Gasteiger partial charge in [0.25, 0.3) is 0 Å². The zero-order chi connectivity index (χ0) is 32.3. The molecule has 0 bridgehead atoms. The number of hydrogen-bond acceptors (Lipinski definition) is 11. The summed E-state index contributed by atoms with van der Waals surface area (Å²) in [5.41, 5.74) is 4.21. The molecule has 0 unspecified atom stereocenters. The van der Waals surface area contributed by atoms with Gasteiger partial charge in [-0.1, -0.05) is 54.6 Å². The molecular weight excluding hydrogens is 586 g/mol. The smallest absolute Gasteiger partial charge is 0.407 e. The molecule has 46 heavy (non-hydrogen) atoms. The number of methoxy groups -OCH3 is 1. The summed E-state index contributed by atoms with van der Waals surface area (Å²) in [6.45, 7) is 3.42. The molecule has 0 saturated carbocycles. The van der Waals surface area contributed by atoms with Gasteiger partial charge in [-0.2, -0.15) is 20.2 Å². The minimum atomic E-state index is -0.887. The third-order valence-electron chi connectivity index (χ3n) is 7.47. The molecule has 1 saturated heterocycles. The molecule has 3 aromatic carbocycles. The first-order valence-corrected chi connectivity index (χ1v) is 14.8. The number of esters is 1. The Balaban J connectivity index is 1.35. The molecule has 236 valence electrons. The summed E-state index contributed by atoms with van der Waals surface area (Å²) >= 11 is 0. The Hall–Kier alpha value is -5.74. The van der Waals surface area contributed by atoms with Crippen LogP contribution in [0.5, 0.6) is 0 Å². The van der Waals surface area contributed by atoms with E-state index in [0.29, 0.717) is 50.8 Å². The largest absolute Gasteiger partial charge is 0.467 e. The normalized spacial score (nSPS) is 13.7. The van der Waals surface area contributed by atoms with Gasteiger partial charge >= 0.3 is 12.1 Å². The van der Waals surface area contributed by atoms with E-state index in [2.05, 4.69) is 41.9 Å². The summed E-state index contributed by atoms with van der Waals surface area (Å²) < 4.78 is 5.06. The first kappa shape index (κ1) is 31.7. The summed E-state index contributed by atoms with van der Waals surface area (Å²) in [7, 11) is 1.32. The summed E-state index contributed by atoms with van der Waals surface area (Å²) in [5.74, 6) is 0.250. The molecule has 4 N–H and O–H groups in total. The van der Waals surface area contributed by atoms with Crippen LogP contribution in [-0.2, 0) is 29.0 Å². The van der Waals surface area contributed by atoms with Crippen LogP contribution in [0, 0.1) is 11.3 Å². The van der Waals surface area contributed by atoms with Crippen LogP contribution in [0.15, 0.2) is 78.9 Å². The van der Waals surface area contributed by atoms with Crippen molar-refractivity contribution in [2.75, 3.05) is 49.2 Å². The summed E-state index contributed by atoms with van der Waals surface area (Å²) in [5, 5.41) is 28.0. The molecule has 1 fully saturated rings. The van der Waals surface area contributed by atoms with Crippen molar-refractivity contribution in [3.8, 4) is 6.07 Å². The Morgan fingerprint density at radius 3 is 2.28 bits per heavy atom. The van der Waals surface area contributed by atoms with Crippen molar-refractivity contribution in [1.82, 2.24) is 24.8 Å². The van der Waals surface area contributed by atoms with Gasteiger partial charge in [0.05, 0.1) is 18.7 Å². The predicted molar refractivity (Wildman–Crippen MR) is 172 cm³/mol. The molecule has 1 atom stereocenters. The number of nitrogens with zero attached hydrogens (tertiary/aromatic N) is 6. The number of rotatable bonds is 12. The van der Waals surface area contributed by atoms with Crippen molar-refractivity contribution in [2.45, 2.75) is 25.6 Å². The molecule has 0 radical (unpaired) electrons. The Bertz CT molecular complexity index is 1670. The number of ether oxygens (including phenoxy) is 1. The van der Waals surface area contributed by atoms with Crippen LogP contribution in [0.25, 0.3) is 0 Å². The Morgan fingerprint density at radius 2 is 1.59 bits per heavy atom. The number of anilines is 4. The molecule has 1 aliphatic rings. The van der Waals surface area contributed by atoms with E-state index >= 15 is 0 Å². The number of nitriles is 1. The lowest BCUT2D eigenvalue weighted by molar-refractivity contribution is -0.141. The number of hydrogen-bond donors (Lipinski definition) is 4. The number of aromatic nitrogens is 3. The van der Waals surface area contributed by atoms with Crippen molar-refractivity contribution in [3.05, 3.63) is 101 Å². The van der Waals surface area contributed by atoms with Gasteiger partial charge in [-0.25, -0.2) is 9.59 Å². The van der Waals surface area contributed by atoms with E-state index in [4.69, 9.17) is 10.00 Å². The third kappa shape index (κ3) is 8.90. The molecule has 1 aliphatic heterocycles. The van der Waals surface area contributed by atoms with Crippen LogP contribution >= 0.6 is 0 Å². The minimum Gasteiger partial charge on any atom is -0.467 e. The zero-order valence-electron chi connectivity index (χ0n) is 25.4. The molecule has 1 amide bonds. The number of carboxylic acid groups (broad SMARTS) is 1. The summed E-state index contributed by atoms with van der Waals surface area (Å²) in [6.07, 6.45) is -0.607. The molecular formula is C33H35N9O4. The second kappa shape index (κ2) is 15.3. The number of carbonyl (C=O) groups is 2. The Kier molecular flexibility index (Phi) is 10.5. The van der Waals surface area contributed by atoms with E-state index in [9.17, 15) is 14.7 Å². The first-order chi connectivity index (χ1) is 22.4. The van der Waals surface area contributed by atoms with Gasteiger partial charge in [0.15, 0.2) is 0 Å². The minimum absolute atomic E-state index is 0.171. The van der Waals surface area contributed by atoms with Gasteiger partial charge in [0.1, 0.15) is 6.04 Å². The lowest BCUT2D eigenvalue weighted by Crippen LogP contribution is -2.47. The lowest BCUT2D eigenvalue weighted by Gasteiger charge is -2.33. The molecule has 4 aromatic rings. The maximum atomic E-state index is 12.8. The highest BCUT2D eigenvalue weighted by Crippen LogP contribution is 2.20. The van der Waals surface area contributed by atoms with Gasteiger partial charge in [0.2, 0.25) is 17.8 Å². The lowest BCUT2D eigenvalue weighted by atomic mass is 10.0. The van der Waals surface area contributed by atoms with Crippen molar-refractivity contribution < 1.29 is 19.4 Å².